The summed E-state index contributed by atoms with van der Waals surface area (Å²) in [5.41, 5.74) is 0.992. The van der Waals surface area contributed by atoms with Gasteiger partial charge in [-0.15, -0.1) is 11.3 Å². The zero-order valence-corrected chi connectivity index (χ0v) is 15.4. The summed E-state index contributed by atoms with van der Waals surface area (Å²) in [5.74, 6) is 0.668. The average Bonchev–Trinajstić information content (AvgIpc) is 2.77. The normalized spacial score (nSPS) is 12.8. The summed E-state index contributed by atoms with van der Waals surface area (Å²) in [7, 11) is 1.47. The molecule has 1 rings (SSSR count). The number of alkyl halides is 3. The van der Waals surface area contributed by atoms with Crippen LogP contribution in [0.5, 0.6) is 0 Å². The molecule has 2 N–H and O–H groups in total. The molecule has 0 amide bonds. The van der Waals surface area contributed by atoms with Gasteiger partial charge in [-0.25, -0.2) is 9.98 Å². The number of aliphatic imine (C=N–C) groups is 1. The topological polar surface area (TPSA) is 52.6 Å². The van der Waals surface area contributed by atoms with Gasteiger partial charge in [-0.05, 0) is 40.8 Å². The lowest BCUT2D eigenvalue weighted by Crippen LogP contribution is -2.39. The molecule has 1 heterocycles. The van der Waals surface area contributed by atoms with Crippen molar-refractivity contribution in [2.75, 3.05) is 33.2 Å². The standard InChI is InChI=1S/C15H26F3N5S/c1-5-19-14(21-9-13-11(2)22-12(3)24-13)20-7-6-8-23(4)10-15(16,17)18/h5-10H2,1-4H3,(H2,19,20,21). The fourth-order valence-electron chi connectivity index (χ4n) is 2.15. The van der Waals surface area contributed by atoms with Gasteiger partial charge in [0.15, 0.2) is 5.96 Å². The maximum Gasteiger partial charge on any atom is 0.401 e. The maximum atomic E-state index is 12.2. The van der Waals surface area contributed by atoms with E-state index in [1.807, 2.05) is 20.8 Å². The van der Waals surface area contributed by atoms with Gasteiger partial charge in [0.2, 0.25) is 0 Å². The van der Waals surface area contributed by atoms with E-state index in [0.717, 1.165) is 22.1 Å². The fraction of sp³-hybridized carbons (Fsp3) is 0.733. The molecule has 0 bridgehead atoms. The van der Waals surface area contributed by atoms with E-state index in [1.165, 1.54) is 11.9 Å². The van der Waals surface area contributed by atoms with Gasteiger partial charge >= 0.3 is 6.18 Å². The number of rotatable bonds is 8. The Labute approximate surface area is 145 Å². The molecule has 0 atom stereocenters. The first-order valence-corrected chi connectivity index (χ1v) is 8.73. The van der Waals surface area contributed by atoms with Gasteiger partial charge in [0.1, 0.15) is 0 Å². The molecule has 1 aromatic rings. The molecule has 9 heteroatoms. The fourth-order valence-corrected chi connectivity index (χ4v) is 3.02. The van der Waals surface area contributed by atoms with Crippen LogP contribution in [-0.2, 0) is 6.54 Å². The smallest absolute Gasteiger partial charge is 0.357 e. The highest BCUT2D eigenvalue weighted by Crippen LogP contribution is 2.18. The third kappa shape index (κ3) is 8.49. The SMILES string of the molecule is CCNC(=NCc1sc(C)nc1C)NCCCN(C)CC(F)(F)F. The van der Waals surface area contributed by atoms with Crippen molar-refractivity contribution in [3.63, 3.8) is 0 Å². The first-order chi connectivity index (χ1) is 11.2. The molecule has 0 saturated heterocycles. The molecule has 0 radical (unpaired) electrons. The zero-order chi connectivity index (χ0) is 18.2. The Hall–Kier alpha value is -1.35. The molecule has 0 spiro atoms. The van der Waals surface area contributed by atoms with Crippen molar-refractivity contribution >= 4 is 17.3 Å². The van der Waals surface area contributed by atoms with Crippen LogP contribution in [0.25, 0.3) is 0 Å². The second-order valence-corrected chi connectivity index (χ2v) is 6.86. The Morgan fingerprint density at radius 2 is 2.00 bits per heavy atom. The van der Waals surface area contributed by atoms with Crippen molar-refractivity contribution in [3.05, 3.63) is 15.6 Å². The molecule has 138 valence electrons. The zero-order valence-electron chi connectivity index (χ0n) is 14.6. The highest BCUT2D eigenvalue weighted by molar-refractivity contribution is 7.11. The van der Waals surface area contributed by atoms with Crippen LogP contribution in [0.1, 0.15) is 28.9 Å². The predicted molar refractivity (Wildman–Crippen MR) is 92.6 cm³/mol. The Kier molecular flexibility index (Phi) is 8.47. The Balaban J connectivity index is 2.40. The van der Waals surface area contributed by atoms with E-state index in [-0.39, 0.29) is 0 Å². The number of aryl methyl sites for hydroxylation is 2. The van der Waals surface area contributed by atoms with Crippen molar-refractivity contribution in [1.82, 2.24) is 20.5 Å². The highest BCUT2D eigenvalue weighted by Gasteiger charge is 2.28. The Bertz CT molecular complexity index is 528. The van der Waals surface area contributed by atoms with E-state index in [1.54, 1.807) is 11.3 Å². The number of guanidine groups is 1. The molecule has 1 aromatic heterocycles. The molecule has 0 saturated carbocycles. The third-order valence-corrected chi connectivity index (χ3v) is 4.24. The largest absolute Gasteiger partial charge is 0.401 e. The molecule has 0 aliphatic rings. The summed E-state index contributed by atoms with van der Waals surface area (Å²) in [4.78, 5) is 11.3. The molecular weight excluding hydrogens is 339 g/mol. The number of aromatic nitrogens is 1. The summed E-state index contributed by atoms with van der Waals surface area (Å²) in [6, 6.07) is 0. The van der Waals surface area contributed by atoms with Gasteiger partial charge in [-0.2, -0.15) is 13.2 Å². The minimum absolute atomic E-state index is 0.374. The van der Waals surface area contributed by atoms with Gasteiger partial charge in [-0.3, -0.25) is 4.90 Å². The number of thiazole rings is 1. The molecule has 0 unspecified atom stereocenters. The number of hydrogen-bond acceptors (Lipinski definition) is 4. The second kappa shape index (κ2) is 9.83. The van der Waals surface area contributed by atoms with Gasteiger partial charge in [-0.1, -0.05) is 0 Å². The minimum Gasteiger partial charge on any atom is -0.357 e. The van der Waals surface area contributed by atoms with Crippen molar-refractivity contribution in [2.45, 2.75) is 39.9 Å². The van der Waals surface area contributed by atoms with Crippen LogP contribution in [0, 0.1) is 13.8 Å². The minimum atomic E-state index is -4.15. The van der Waals surface area contributed by atoms with Crippen LogP contribution in [0.4, 0.5) is 13.2 Å². The van der Waals surface area contributed by atoms with Gasteiger partial charge in [0, 0.05) is 18.0 Å². The second-order valence-electron chi connectivity index (χ2n) is 5.57. The lowest BCUT2D eigenvalue weighted by molar-refractivity contribution is -0.143. The number of hydrogen-bond donors (Lipinski definition) is 2. The number of nitrogens with one attached hydrogen (secondary N) is 2. The Morgan fingerprint density at radius 3 is 2.54 bits per heavy atom. The first-order valence-electron chi connectivity index (χ1n) is 7.91. The number of nitrogens with zero attached hydrogens (tertiary/aromatic N) is 3. The van der Waals surface area contributed by atoms with Crippen LogP contribution < -0.4 is 10.6 Å². The lowest BCUT2D eigenvalue weighted by atomic mass is 10.4. The van der Waals surface area contributed by atoms with Crippen molar-refractivity contribution in [1.29, 1.82) is 0 Å². The van der Waals surface area contributed by atoms with Gasteiger partial charge in [0.05, 0.1) is 23.8 Å². The first kappa shape index (κ1) is 20.7. The van der Waals surface area contributed by atoms with E-state index in [9.17, 15) is 13.2 Å². The van der Waals surface area contributed by atoms with Crippen molar-refractivity contribution < 1.29 is 13.2 Å². The van der Waals surface area contributed by atoms with Crippen LogP contribution in [0.2, 0.25) is 0 Å². The van der Waals surface area contributed by atoms with E-state index in [0.29, 0.717) is 32.0 Å². The third-order valence-electron chi connectivity index (χ3n) is 3.18. The quantitative estimate of drug-likeness (QED) is 0.423. The van der Waals surface area contributed by atoms with Gasteiger partial charge in [0.25, 0.3) is 0 Å². The summed E-state index contributed by atoms with van der Waals surface area (Å²) in [6.45, 7) is 7.22. The van der Waals surface area contributed by atoms with E-state index in [4.69, 9.17) is 0 Å². The summed E-state index contributed by atoms with van der Waals surface area (Å²) in [5, 5.41) is 7.30. The lowest BCUT2D eigenvalue weighted by Gasteiger charge is -2.18. The molecule has 0 fully saturated rings. The molecular formula is C15H26F3N5S. The van der Waals surface area contributed by atoms with E-state index in [2.05, 4.69) is 20.6 Å². The summed E-state index contributed by atoms with van der Waals surface area (Å²) in [6.07, 6.45) is -3.54. The summed E-state index contributed by atoms with van der Waals surface area (Å²) >= 11 is 1.62. The van der Waals surface area contributed by atoms with Gasteiger partial charge < -0.3 is 10.6 Å². The van der Waals surface area contributed by atoms with E-state index >= 15 is 0 Å². The molecule has 24 heavy (non-hydrogen) atoms. The van der Waals surface area contributed by atoms with E-state index < -0.39 is 12.7 Å². The van der Waals surface area contributed by atoms with Crippen LogP contribution in [0.15, 0.2) is 4.99 Å². The number of halogens is 3. The molecule has 0 aromatic carbocycles. The molecule has 0 aliphatic heterocycles. The maximum absolute atomic E-state index is 12.2. The monoisotopic (exact) mass is 365 g/mol. The average molecular weight is 365 g/mol. The molecule has 0 aliphatic carbocycles. The van der Waals surface area contributed by atoms with Crippen LogP contribution in [-0.4, -0.2) is 55.2 Å². The summed E-state index contributed by atoms with van der Waals surface area (Å²) < 4.78 is 36.7. The Morgan fingerprint density at radius 1 is 1.29 bits per heavy atom. The van der Waals surface area contributed by atoms with Crippen LogP contribution in [0.3, 0.4) is 0 Å². The van der Waals surface area contributed by atoms with Crippen molar-refractivity contribution in [3.8, 4) is 0 Å². The van der Waals surface area contributed by atoms with Crippen molar-refractivity contribution in [2.24, 2.45) is 4.99 Å². The van der Waals surface area contributed by atoms with Crippen LogP contribution >= 0.6 is 11.3 Å². The highest BCUT2D eigenvalue weighted by atomic mass is 32.1. The molecule has 5 nitrogen and oxygen atoms in total. The predicted octanol–water partition coefficient (Wildman–Crippen LogP) is 2.70.